The summed E-state index contributed by atoms with van der Waals surface area (Å²) in [5.41, 5.74) is 3.63. The molecule has 0 bridgehead atoms. The standard InChI is InChI=1S/C25H33N3O5S/c1-5-28-18(3)22(24(19(28)4)25(30)33-6-2)13-14-23(29)26-17-20-9-11-21(12-10-20)34(31,32)27-15-7-8-16-27/h9-14H,5-8,15-17H2,1-4H3,(H,26,29). The highest BCUT2D eigenvalue weighted by Crippen LogP contribution is 2.25. The molecule has 2 aromatic rings. The molecule has 1 amide bonds. The van der Waals surface area contributed by atoms with E-state index in [0.717, 1.165) is 29.8 Å². The SMILES string of the molecule is CCOC(=O)c1c(C=CC(=O)NCc2ccc(S(=O)(=O)N3CCCC3)cc2)c(C)n(CC)c1C. The first-order valence-electron chi connectivity index (χ1n) is 11.6. The zero-order chi connectivity index (χ0) is 24.9. The van der Waals surface area contributed by atoms with Crippen molar-refractivity contribution >= 4 is 28.0 Å². The van der Waals surface area contributed by atoms with Gasteiger partial charge in [-0.05, 0) is 64.3 Å². The normalized spacial score (nSPS) is 14.6. The van der Waals surface area contributed by atoms with E-state index in [2.05, 4.69) is 5.32 Å². The molecule has 0 aliphatic carbocycles. The van der Waals surface area contributed by atoms with E-state index in [-0.39, 0.29) is 24.0 Å². The first-order valence-corrected chi connectivity index (χ1v) is 13.1. The Balaban J connectivity index is 1.67. The molecule has 184 valence electrons. The van der Waals surface area contributed by atoms with Crippen molar-refractivity contribution in [3.8, 4) is 0 Å². The number of nitrogens with one attached hydrogen (secondary N) is 1. The molecule has 34 heavy (non-hydrogen) atoms. The Bertz CT molecular complexity index is 1170. The summed E-state index contributed by atoms with van der Waals surface area (Å²) in [5, 5.41) is 2.80. The van der Waals surface area contributed by atoms with Gasteiger partial charge in [-0.3, -0.25) is 4.79 Å². The number of ether oxygens (including phenoxy) is 1. The molecule has 0 atom stereocenters. The summed E-state index contributed by atoms with van der Waals surface area (Å²) in [5.74, 6) is -0.718. The van der Waals surface area contributed by atoms with Gasteiger partial charge in [0.05, 0.1) is 17.1 Å². The zero-order valence-corrected chi connectivity index (χ0v) is 21.1. The van der Waals surface area contributed by atoms with Crippen LogP contribution < -0.4 is 5.32 Å². The highest BCUT2D eigenvalue weighted by Gasteiger charge is 2.27. The maximum atomic E-state index is 12.6. The fraction of sp³-hybridized carbons (Fsp3) is 0.440. The van der Waals surface area contributed by atoms with Crippen LogP contribution in [0.15, 0.2) is 35.2 Å². The lowest BCUT2D eigenvalue weighted by Crippen LogP contribution is -2.27. The Morgan fingerprint density at radius 2 is 1.71 bits per heavy atom. The van der Waals surface area contributed by atoms with Gasteiger partial charge in [-0.2, -0.15) is 4.31 Å². The van der Waals surface area contributed by atoms with Gasteiger partial charge in [-0.15, -0.1) is 0 Å². The molecule has 1 saturated heterocycles. The Hall–Kier alpha value is -2.91. The molecule has 9 heteroatoms. The third-order valence-corrected chi connectivity index (χ3v) is 8.03. The number of rotatable bonds is 9. The smallest absolute Gasteiger partial charge is 0.340 e. The zero-order valence-electron chi connectivity index (χ0n) is 20.3. The van der Waals surface area contributed by atoms with Crippen LogP contribution in [-0.2, 0) is 32.6 Å². The first-order chi connectivity index (χ1) is 16.2. The lowest BCUT2D eigenvalue weighted by atomic mass is 10.1. The average Bonchev–Trinajstić information content (AvgIpc) is 3.44. The van der Waals surface area contributed by atoms with Crippen molar-refractivity contribution in [2.24, 2.45) is 0 Å². The fourth-order valence-corrected chi connectivity index (χ4v) is 5.83. The van der Waals surface area contributed by atoms with Crippen molar-refractivity contribution in [3.63, 3.8) is 0 Å². The lowest BCUT2D eigenvalue weighted by Gasteiger charge is -2.15. The molecule has 1 aliphatic heterocycles. The molecule has 8 nitrogen and oxygen atoms in total. The number of benzene rings is 1. The Kier molecular flexibility index (Phi) is 8.33. The van der Waals surface area contributed by atoms with Crippen LogP contribution in [0.1, 0.15) is 59.6 Å². The van der Waals surface area contributed by atoms with Crippen molar-refractivity contribution in [2.75, 3.05) is 19.7 Å². The number of hydrogen-bond acceptors (Lipinski definition) is 5. The summed E-state index contributed by atoms with van der Waals surface area (Å²) in [6.07, 6.45) is 4.82. The van der Waals surface area contributed by atoms with E-state index in [1.807, 2.05) is 25.3 Å². The highest BCUT2D eigenvalue weighted by atomic mass is 32.2. The molecular weight excluding hydrogens is 454 g/mol. The van der Waals surface area contributed by atoms with Crippen molar-refractivity contribution in [3.05, 3.63) is 58.4 Å². The van der Waals surface area contributed by atoms with E-state index >= 15 is 0 Å². The minimum absolute atomic E-state index is 0.256. The monoisotopic (exact) mass is 487 g/mol. The van der Waals surface area contributed by atoms with E-state index < -0.39 is 16.0 Å². The Labute approximate surface area is 201 Å². The molecule has 3 rings (SSSR count). The number of hydrogen-bond donors (Lipinski definition) is 1. The minimum atomic E-state index is -3.45. The van der Waals surface area contributed by atoms with Gasteiger partial charge in [-0.25, -0.2) is 13.2 Å². The maximum Gasteiger partial charge on any atom is 0.340 e. The summed E-state index contributed by atoms with van der Waals surface area (Å²) >= 11 is 0. The molecule has 1 aromatic heterocycles. The maximum absolute atomic E-state index is 12.6. The number of aromatic nitrogens is 1. The van der Waals surface area contributed by atoms with Crippen molar-refractivity contribution in [1.82, 2.24) is 14.2 Å². The van der Waals surface area contributed by atoms with Crippen LogP contribution >= 0.6 is 0 Å². The molecule has 0 unspecified atom stereocenters. The number of amides is 1. The van der Waals surface area contributed by atoms with E-state index in [0.29, 0.717) is 30.8 Å². The van der Waals surface area contributed by atoms with Crippen LogP contribution in [-0.4, -0.2) is 48.9 Å². The number of esters is 1. The number of carbonyl (C=O) groups is 2. The first kappa shape index (κ1) is 25.7. The summed E-state index contributed by atoms with van der Waals surface area (Å²) in [7, 11) is -3.45. The van der Waals surface area contributed by atoms with Gasteiger partial charge in [0.25, 0.3) is 0 Å². The van der Waals surface area contributed by atoms with Crippen LogP contribution in [0.2, 0.25) is 0 Å². The average molecular weight is 488 g/mol. The molecule has 1 fully saturated rings. The van der Waals surface area contributed by atoms with E-state index in [4.69, 9.17) is 4.74 Å². The van der Waals surface area contributed by atoms with Gasteiger partial charge in [0.1, 0.15) is 0 Å². The van der Waals surface area contributed by atoms with Gasteiger partial charge in [0.2, 0.25) is 15.9 Å². The van der Waals surface area contributed by atoms with Gasteiger partial charge in [0.15, 0.2) is 0 Å². The number of nitrogens with zero attached hydrogens (tertiary/aromatic N) is 2. The van der Waals surface area contributed by atoms with Gasteiger partial charge in [0, 0.05) is 49.2 Å². The molecule has 1 aliphatic rings. The van der Waals surface area contributed by atoms with Gasteiger partial charge in [-0.1, -0.05) is 12.1 Å². The van der Waals surface area contributed by atoms with E-state index in [9.17, 15) is 18.0 Å². The largest absolute Gasteiger partial charge is 0.462 e. The molecule has 1 N–H and O–H groups in total. The predicted molar refractivity (Wildman–Crippen MR) is 131 cm³/mol. The van der Waals surface area contributed by atoms with Crippen molar-refractivity contribution in [1.29, 1.82) is 0 Å². The Morgan fingerprint density at radius 1 is 1.06 bits per heavy atom. The molecule has 1 aromatic carbocycles. The molecule has 0 radical (unpaired) electrons. The topological polar surface area (TPSA) is 97.7 Å². The van der Waals surface area contributed by atoms with Crippen LogP contribution in [0.25, 0.3) is 6.08 Å². The third-order valence-electron chi connectivity index (χ3n) is 6.12. The lowest BCUT2D eigenvalue weighted by molar-refractivity contribution is -0.116. The summed E-state index contributed by atoms with van der Waals surface area (Å²) in [6, 6.07) is 6.58. The Morgan fingerprint density at radius 3 is 2.29 bits per heavy atom. The summed E-state index contributed by atoms with van der Waals surface area (Å²) in [6.45, 7) is 9.89. The van der Waals surface area contributed by atoms with E-state index in [1.165, 1.54) is 10.4 Å². The third kappa shape index (κ3) is 5.42. The summed E-state index contributed by atoms with van der Waals surface area (Å²) < 4.78 is 34.0. The van der Waals surface area contributed by atoms with Crippen molar-refractivity contribution in [2.45, 2.75) is 58.5 Å². The molecule has 2 heterocycles. The second-order valence-electron chi connectivity index (χ2n) is 8.23. The minimum Gasteiger partial charge on any atom is -0.462 e. The summed E-state index contributed by atoms with van der Waals surface area (Å²) in [4.78, 5) is 25.2. The van der Waals surface area contributed by atoms with Gasteiger partial charge >= 0.3 is 5.97 Å². The highest BCUT2D eigenvalue weighted by molar-refractivity contribution is 7.89. The molecule has 0 saturated carbocycles. The second kappa shape index (κ2) is 11.0. The molecular formula is C25H33N3O5S. The van der Waals surface area contributed by atoms with Crippen LogP contribution in [0.3, 0.4) is 0 Å². The van der Waals surface area contributed by atoms with Crippen LogP contribution in [0.5, 0.6) is 0 Å². The van der Waals surface area contributed by atoms with Crippen molar-refractivity contribution < 1.29 is 22.7 Å². The van der Waals surface area contributed by atoms with Crippen LogP contribution in [0.4, 0.5) is 0 Å². The number of carbonyl (C=O) groups excluding carboxylic acids is 2. The quantitative estimate of drug-likeness (QED) is 0.432. The number of sulfonamides is 1. The fourth-order valence-electron chi connectivity index (χ4n) is 4.31. The van der Waals surface area contributed by atoms with Gasteiger partial charge < -0.3 is 14.6 Å². The molecule has 0 spiro atoms. The second-order valence-corrected chi connectivity index (χ2v) is 10.2. The van der Waals surface area contributed by atoms with Crippen LogP contribution in [0, 0.1) is 13.8 Å². The predicted octanol–water partition coefficient (Wildman–Crippen LogP) is 3.42. The van der Waals surface area contributed by atoms with E-state index in [1.54, 1.807) is 37.3 Å².